The largest absolute Gasteiger partial charge is 0.497 e. The number of piperidine rings is 1. The van der Waals surface area contributed by atoms with E-state index < -0.39 is 0 Å². The summed E-state index contributed by atoms with van der Waals surface area (Å²) in [5.74, 6) is 2.95. The van der Waals surface area contributed by atoms with Crippen LogP contribution < -0.4 is 4.74 Å². The highest BCUT2D eigenvalue weighted by atomic mass is 32.1. The predicted molar refractivity (Wildman–Crippen MR) is 107 cm³/mol. The number of methoxy groups -OCH3 is 1. The van der Waals surface area contributed by atoms with Crippen LogP contribution in [0.1, 0.15) is 42.6 Å². The lowest BCUT2D eigenvalue weighted by atomic mass is 9.89. The quantitative estimate of drug-likeness (QED) is 0.737. The first kappa shape index (κ1) is 18.3. The Bertz CT molecular complexity index is 924. The monoisotopic (exact) mass is 386 g/mol. The Morgan fingerprint density at radius 3 is 2.44 bits per heavy atom. The van der Waals surface area contributed by atoms with Crippen LogP contribution in [0.3, 0.4) is 0 Å². The molecule has 3 heterocycles. The smallest absolute Gasteiger partial charge is 0.230 e. The first-order chi connectivity index (χ1) is 13.0. The Balaban J connectivity index is 1.80. The molecule has 27 heavy (non-hydrogen) atoms. The molecule has 2 aromatic heterocycles. The summed E-state index contributed by atoms with van der Waals surface area (Å²) in [4.78, 5) is 8.56. The Morgan fingerprint density at radius 1 is 1.19 bits per heavy atom. The van der Waals surface area contributed by atoms with E-state index in [1.165, 1.54) is 17.8 Å². The third-order valence-corrected chi connectivity index (χ3v) is 6.32. The summed E-state index contributed by atoms with van der Waals surface area (Å²) in [6, 6.07) is 8.13. The van der Waals surface area contributed by atoms with Crippen molar-refractivity contribution < 1.29 is 9.84 Å². The minimum Gasteiger partial charge on any atom is -0.497 e. The number of fused-ring (bicyclic) bond motifs is 1. The molecule has 0 amide bonds. The van der Waals surface area contributed by atoms with Gasteiger partial charge < -0.3 is 9.84 Å². The number of benzene rings is 1. The average Bonchev–Trinajstić information content (AvgIpc) is 3.13. The van der Waals surface area contributed by atoms with Gasteiger partial charge in [-0.2, -0.15) is 4.52 Å². The topological polar surface area (TPSA) is 62.9 Å². The van der Waals surface area contributed by atoms with Crippen molar-refractivity contribution >= 4 is 16.3 Å². The van der Waals surface area contributed by atoms with Gasteiger partial charge in [0.05, 0.1) is 18.0 Å². The zero-order valence-electron chi connectivity index (χ0n) is 16.2. The number of aromatic nitrogens is 3. The average molecular weight is 387 g/mol. The van der Waals surface area contributed by atoms with Gasteiger partial charge in [-0.1, -0.05) is 37.3 Å². The number of likely N-dealkylation sites (tertiary alicyclic amines) is 1. The number of aryl methyl sites for hydroxylation is 1. The highest BCUT2D eigenvalue weighted by Gasteiger charge is 2.33. The molecule has 0 unspecified atom stereocenters. The SMILES string of the molecule is COc1ccc([C@H](c2sc3nc(C)nn3c2O)N2C[C@@H](C)C[C@H](C)C2)cc1. The second kappa shape index (κ2) is 7.13. The van der Waals surface area contributed by atoms with Crippen molar-refractivity contribution in [1.29, 1.82) is 0 Å². The van der Waals surface area contributed by atoms with Crippen molar-refractivity contribution in [2.45, 2.75) is 33.2 Å². The number of hydrogen-bond donors (Lipinski definition) is 1. The first-order valence-electron chi connectivity index (χ1n) is 9.39. The third-order valence-electron chi connectivity index (χ3n) is 5.25. The molecule has 6 nitrogen and oxygen atoms in total. The van der Waals surface area contributed by atoms with Gasteiger partial charge in [-0.15, -0.1) is 5.10 Å². The zero-order chi connectivity index (χ0) is 19.1. The molecule has 7 heteroatoms. The van der Waals surface area contributed by atoms with E-state index in [1.54, 1.807) is 11.6 Å². The summed E-state index contributed by atoms with van der Waals surface area (Å²) in [6.45, 7) is 8.47. The maximum atomic E-state index is 10.9. The Kier molecular flexibility index (Phi) is 4.82. The summed E-state index contributed by atoms with van der Waals surface area (Å²) in [6.07, 6.45) is 1.24. The summed E-state index contributed by atoms with van der Waals surface area (Å²) in [5, 5.41) is 15.3. The van der Waals surface area contributed by atoms with Gasteiger partial charge >= 0.3 is 0 Å². The van der Waals surface area contributed by atoms with Crippen molar-refractivity contribution in [3.63, 3.8) is 0 Å². The van der Waals surface area contributed by atoms with Gasteiger partial charge in [-0.3, -0.25) is 4.90 Å². The highest BCUT2D eigenvalue weighted by molar-refractivity contribution is 7.17. The van der Waals surface area contributed by atoms with Crippen LogP contribution in [0.25, 0.3) is 4.96 Å². The second-order valence-electron chi connectivity index (χ2n) is 7.72. The van der Waals surface area contributed by atoms with Gasteiger partial charge in [0, 0.05) is 13.1 Å². The molecule has 144 valence electrons. The molecular weight excluding hydrogens is 360 g/mol. The van der Waals surface area contributed by atoms with Crippen LogP contribution in [-0.2, 0) is 0 Å². The standard InChI is InChI=1S/C20H26N4O2S/c1-12-9-13(2)11-23(10-12)17(15-5-7-16(26-4)8-6-15)18-19(25)24-20(27-18)21-14(3)22-24/h5-8,12-13,17,25H,9-11H2,1-4H3/t12-,13-,17+/m0/s1. The van der Waals surface area contributed by atoms with Gasteiger partial charge in [-0.05, 0) is 42.9 Å². The maximum absolute atomic E-state index is 10.9. The van der Waals surface area contributed by atoms with Crippen LogP contribution in [0.2, 0.25) is 0 Å². The Hall–Kier alpha value is -2.12. The predicted octanol–water partition coefficient (Wildman–Crippen LogP) is 3.88. The summed E-state index contributed by atoms with van der Waals surface area (Å²) in [7, 11) is 1.68. The molecule has 4 rings (SSSR count). The van der Waals surface area contributed by atoms with Crippen molar-refractivity contribution in [2.75, 3.05) is 20.2 Å². The van der Waals surface area contributed by atoms with Crippen molar-refractivity contribution in [1.82, 2.24) is 19.5 Å². The van der Waals surface area contributed by atoms with Gasteiger partial charge in [0.15, 0.2) is 0 Å². The molecular formula is C20H26N4O2S. The lowest BCUT2D eigenvalue weighted by Gasteiger charge is -2.40. The Morgan fingerprint density at radius 2 is 1.85 bits per heavy atom. The van der Waals surface area contributed by atoms with E-state index in [4.69, 9.17) is 4.74 Å². The summed E-state index contributed by atoms with van der Waals surface area (Å²) in [5.41, 5.74) is 1.15. The molecule has 0 bridgehead atoms. The lowest BCUT2D eigenvalue weighted by Crippen LogP contribution is -2.41. The Labute approximate surface area is 163 Å². The molecule has 0 saturated carbocycles. The van der Waals surface area contributed by atoms with E-state index in [0.29, 0.717) is 17.7 Å². The minimum atomic E-state index is -0.0186. The first-order valence-corrected chi connectivity index (χ1v) is 10.2. The lowest BCUT2D eigenvalue weighted by molar-refractivity contribution is 0.112. The normalized spacial score (nSPS) is 22.2. The number of ether oxygens (including phenoxy) is 1. The molecule has 1 N–H and O–H groups in total. The summed E-state index contributed by atoms with van der Waals surface area (Å²) >= 11 is 1.52. The molecule has 3 atom stereocenters. The molecule has 0 spiro atoms. The zero-order valence-corrected chi connectivity index (χ0v) is 17.0. The fourth-order valence-corrected chi connectivity index (χ4v) is 5.43. The molecule has 0 aliphatic carbocycles. The van der Waals surface area contributed by atoms with Crippen LogP contribution in [-0.4, -0.2) is 44.8 Å². The van der Waals surface area contributed by atoms with Crippen LogP contribution in [0.5, 0.6) is 11.6 Å². The number of hydrogen-bond acceptors (Lipinski definition) is 6. The van der Waals surface area contributed by atoms with Gasteiger partial charge in [0.25, 0.3) is 0 Å². The number of aromatic hydroxyl groups is 1. The van der Waals surface area contributed by atoms with Crippen molar-refractivity contribution in [2.24, 2.45) is 11.8 Å². The van der Waals surface area contributed by atoms with Crippen LogP contribution in [0.15, 0.2) is 24.3 Å². The van der Waals surface area contributed by atoms with Gasteiger partial charge in [-0.25, -0.2) is 4.98 Å². The maximum Gasteiger partial charge on any atom is 0.230 e. The number of rotatable bonds is 4. The fraction of sp³-hybridized carbons (Fsp3) is 0.500. The van der Waals surface area contributed by atoms with E-state index in [0.717, 1.165) is 34.2 Å². The van der Waals surface area contributed by atoms with Crippen molar-refractivity contribution in [3.05, 3.63) is 40.5 Å². The van der Waals surface area contributed by atoms with Crippen LogP contribution in [0.4, 0.5) is 0 Å². The van der Waals surface area contributed by atoms with E-state index >= 15 is 0 Å². The van der Waals surface area contributed by atoms with Crippen LogP contribution in [0, 0.1) is 18.8 Å². The number of thiazole rings is 1. The van der Waals surface area contributed by atoms with E-state index in [2.05, 4.69) is 41.0 Å². The number of nitrogens with zero attached hydrogens (tertiary/aromatic N) is 4. The van der Waals surface area contributed by atoms with Crippen LogP contribution >= 0.6 is 11.3 Å². The molecule has 1 saturated heterocycles. The third kappa shape index (κ3) is 3.41. The van der Waals surface area contributed by atoms with E-state index in [9.17, 15) is 5.11 Å². The van der Waals surface area contributed by atoms with Crippen molar-refractivity contribution in [3.8, 4) is 11.6 Å². The molecule has 1 aromatic carbocycles. The molecule has 0 radical (unpaired) electrons. The summed E-state index contributed by atoms with van der Waals surface area (Å²) < 4.78 is 6.88. The molecule has 1 aliphatic heterocycles. The minimum absolute atomic E-state index is 0.0186. The van der Waals surface area contributed by atoms with E-state index in [1.807, 2.05) is 19.1 Å². The molecule has 1 aliphatic rings. The fourth-order valence-electron chi connectivity index (χ4n) is 4.26. The second-order valence-corrected chi connectivity index (χ2v) is 8.73. The molecule has 3 aromatic rings. The van der Waals surface area contributed by atoms with Gasteiger partial charge in [0.2, 0.25) is 10.8 Å². The molecule has 1 fully saturated rings. The van der Waals surface area contributed by atoms with Gasteiger partial charge in [0.1, 0.15) is 11.6 Å². The highest BCUT2D eigenvalue weighted by Crippen LogP contribution is 2.42. The van der Waals surface area contributed by atoms with E-state index in [-0.39, 0.29) is 11.9 Å².